The van der Waals surface area contributed by atoms with Gasteiger partial charge in [0.2, 0.25) is 0 Å². The van der Waals surface area contributed by atoms with Crippen LogP contribution in [0, 0.1) is 17.5 Å². The molecule has 0 N–H and O–H groups in total. The smallest absolute Gasteiger partial charge is 0.194 e. The first-order valence-corrected chi connectivity index (χ1v) is 8.28. The van der Waals surface area contributed by atoms with E-state index in [0.717, 1.165) is 24.2 Å². The quantitative estimate of drug-likeness (QED) is 0.559. The van der Waals surface area contributed by atoms with Crippen molar-refractivity contribution in [1.82, 2.24) is 0 Å². The van der Waals surface area contributed by atoms with E-state index in [1.807, 2.05) is 20.8 Å². The van der Waals surface area contributed by atoms with Crippen molar-refractivity contribution in [2.75, 3.05) is 0 Å². The van der Waals surface area contributed by atoms with Crippen LogP contribution in [0.2, 0.25) is 18.1 Å². The molecule has 1 rings (SSSR count). The van der Waals surface area contributed by atoms with Crippen molar-refractivity contribution >= 4 is 13.3 Å². The molecule has 0 fully saturated rings. The predicted octanol–water partition coefficient (Wildman–Crippen LogP) is 3.82. The molecule has 0 bridgehead atoms. The molecule has 0 saturated carbocycles. The normalized spacial score (nSPS) is 11.9. The van der Waals surface area contributed by atoms with Crippen molar-refractivity contribution in [3.8, 4) is 0 Å². The Hall–Kier alpha value is -0.773. The van der Waals surface area contributed by atoms with Crippen LogP contribution < -0.4 is 5.19 Å². The van der Waals surface area contributed by atoms with Crippen molar-refractivity contribution in [2.45, 2.75) is 38.9 Å². The fraction of sp³-hybridized carbons (Fsp3) is 0.500. The average Bonchev–Trinajstić information content (AvgIpc) is 2.31. The van der Waals surface area contributed by atoms with Crippen molar-refractivity contribution in [1.29, 1.82) is 0 Å². The molecule has 1 aromatic rings. The van der Waals surface area contributed by atoms with Gasteiger partial charge >= 0.3 is 0 Å². The predicted molar refractivity (Wildman–Crippen MR) is 63.1 cm³/mol. The van der Waals surface area contributed by atoms with Crippen LogP contribution in [-0.2, 0) is 0 Å². The topological polar surface area (TPSA) is 0 Å². The molecule has 0 saturated heterocycles. The summed E-state index contributed by atoms with van der Waals surface area (Å²) in [5, 5.41) is 0.430. The molecule has 0 aliphatic heterocycles. The van der Waals surface area contributed by atoms with Crippen molar-refractivity contribution < 1.29 is 13.2 Å². The van der Waals surface area contributed by atoms with E-state index in [9.17, 15) is 13.2 Å². The van der Waals surface area contributed by atoms with E-state index in [1.54, 1.807) is 0 Å². The number of hydrogen-bond donors (Lipinski definition) is 0. The van der Waals surface area contributed by atoms with Crippen LogP contribution in [0.1, 0.15) is 20.8 Å². The maximum Gasteiger partial charge on any atom is 0.194 e. The van der Waals surface area contributed by atoms with Gasteiger partial charge in [0.25, 0.3) is 0 Å². The van der Waals surface area contributed by atoms with Crippen LogP contribution in [0.5, 0.6) is 0 Å². The van der Waals surface area contributed by atoms with E-state index in [1.165, 1.54) is 6.07 Å². The standard InChI is InChI=1S/C12H17F3Si/c1-4-16(5-2,6-3)10-8-7-9(13)11(14)12(10)15/h7-8H,4-6H2,1-3H3. The van der Waals surface area contributed by atoms with Gasteiger partial charge < -0.3 is 0 Å². The molecule has 0 unspecified atom stereocenters. The molecule has 0 nitrogen and oxygen atoms in total. The van der Waals surface area contributed by atoms with Crippen LogP contribution in [-0.4, -0.2) is 8.07 Å². The molecule has 0 amide bonds. The summed E-state index contributed by atoms with van der Waals surface area (Å²) in [7, 11) is -1.97. The van der Waals surface area contributed by atoms with E-state index in [4.69, 9.17) is 0 Å². The van der Waals surface area contributed by atoms with E-state index < -0.39 is 25.5 Å². The van der Waals surface area contributed by atoms with Crippen LogP contribution in [0.25, 0.3) is 0 Å². The van der Waals surface area contributed by atoms with Crippen molar-refractivity contribution in [2.24, 2.45) is 0 Å². The first-order chi connectivity index (χ1) is 7.52. The highest BCUT2D eigenvalue weighted by Gasteiger charge is 2.33. The van der Waals surface area contributed by atoms with Gasteiger partial charge in [0.15, 0.2) is 17.5 Å². The Morgan fingerprint density at radius 2 is 1.38 bits per heavy atom. The minimum absolute atomic E-state index is 0.430. The third kappa shape index (κ3) is 2.03. The highest BCUT2D eigenvalue weighted by Crippen LogP contribution is 2.23. The van der Waals surface area contributed by atoms with Crippen LogP contribution in [0.15, 0.2) is 12.1 Å². The van der Waals surface area contributed by atoms with Gasteiger partial charge in [-0.25, -0.2) is 13.2 Å². The molecular weight excluding hydrogens is 229 g/mol. The summed E-state index contributed by atoms with van der Waals surface area (Å²) in [6, 6.07) is 5.01. The summed E-state index contributed by atoms with van der Waals surface area (Å²) in [5.41, 5.74) is 0. The third-order valence-electron chi connectivity index (χ3n) is 3.64. The van der Waals surface area contributed by atoms with E-state index in [-0.39, 0.29) is 0 Å². The highest BCUT2D eigenvalue weighted by molar-refractivity contribution is 6.91. The summed E-state index contributed by atoms with van der Waals surface area (Å²) < 4.78 is 39.8. The van der Waals surface area contributed by atoms with Gasteiger partial charge in [-0.05, 0) is 11.3 Å². The highest BCUT2D eigenvalue weighted by atomic mass is 28.3. The lowest BCUT2D eigenvalue weighted by atomic mass is 10.3. The van der Waals surface area contributed by atoms with Gasteiger partial charge in [0.1, 0.15) is 0 Å². The van der Waals surface area contributed by atoms with Gasteiger partial charge in [0.05, 0.1) is 8.07 Å². The molecule has 0 aliphatic rings. The van der Waals surface area contributed by atoms with E-state index in [0.29, 0.717) is 5.19 Å². The third-order valence-corrected chi connectivity index (χ3v) is 9.23. The maximum atomic E-state index is 13.7. The van der Waals surface area contributed by atoms with E-state index in [2.05, 4.69) is 0 Å². The molecule has 0 aromatic heterocycles. The monoisotopic (exact) mass is 246 g/mol. The maximum absolute atomic E-state index is 13.7. The van der Waals surface area contributed by atoms with Gasteiger partial charge in [-0.15, -0.1) is 0 Å². The Balaban J connectivity index is 3.36. The zero-order chi connectivity index (χ0) is 12.3. The number of rotatable bonds is 4. The van der Waals surface area contributed by atoms with Gasteiger partial charge in [-0.2, -0.15) is 0 Å². The van der Waals surface area contributed by atoms with Crippen molar-refractivity contribution in [3.05, 3.63) is 29.6 Å². The first kappa shape index (κ1) is 13.3. The van der Waals surface area contributed by atoms with Gasteiger partial charge in [0, 0.05) is 0 Å². The second kappa shape index (κ2) is 5.04. The Labute approximate surface area is 95.5 Å². The lowest BCUT2D eigenvalue weighted by molar-refractivity contribution is 0.450. The Bertz CT molecular complexity index is 365. The Morgan fingerprint density at radius 3 is 1.81 bits per heavy atom. The zero-order valence-electron chi connectivity index (χ0n) is 9.91. The molecule has 0 spiro atoms. The molecule has 1 aromatic carbocycles. The lowest BCUT2D eigenvalue weighted by Crippen LogP contribution is -2.48. The fourth-order valence-corrected chi connectivity index (χ4v) is 5.91. The van der Waals surface area contributed by atoms with Crippen LogP contribution >= 0.6 is 0 Å². The molecule has 16 heavy (non-hydrogen) atoms. The molecule has 4 heteroatoms. The fourth-order valence-electron chi connectivity index (χ4n) is 2.26. The molecule has 0 radical (unpaired) electrons. The lowest BCUT2D eigenvalue weighted by Gasteiger charge is -2.29. The molecule has 90 valence electrons. The van der Waals surface area contributed by atoms with Gasteiger partial charge in [-0.3, -0.25) is 0 Å². The van der Waals surface area contributed by atoms with E-state index >= 15 is 0 Å². The summed E-state index contributed by atoms with van der Waals surface area (Å²) in [6.45, 7) is 6.00. The second-order valence-corrected chi connectivity index (χ2v) is 9.28. The molecule has 0 aliphatic carbocycles. The molecule has 0 heterocycles. The zero-order valence-corrected chi connectivity index (χ0v) is 10.9. The second-order valence-electron chi connectivity index (χ2n) is 4.06. The molecule has 0 atom stereocenters. The van der Waals surface area contributed by atoms with Gasteiger partial charge in [-0.1, -0.05) is 45.0 Å². The molecular formula is C12H17F3Si. The van der Waals surface area contributed by atoms with Crippen LogP contribution in [0.4, 0.5) is 13.2 Å². The SMILES string of the molecule is CC[Si](CC)(CC)c1ccc(F)c(F)c1F. The summed E-state index contributed by atoms with van der Waals surface area (Å²) in [6.07, 6.45) is 0. The minimum atomic E-state index is -1.97. The van der Waals surface area contributed by atoms with Crippen molar-refractivity contribution in [3.63, 3.8) is 0 Å². The average molecular weight is 246 g/mol. The number of halogens is 3. The summed E-state index contributed by atoms with van der Waals surface area (Å²) in [4.78, 5) is 0. The minimum Gasteiger partial charge on any atom is -0.204 e. The number of benzene rings is 1. The number of hydrogen-bond acceptors (Lipinski definition) is 0. The Morgan fingerprint density at radius 1 is 0.875 bits per heavy atom. The first-order valence-electron chi connectivity index (χ1n) is 5.66. The summed E-state index contributed by atoms with van der Waals surface area (Å²) >= 11 is 0. The van der Waals surface area contributed by atoms with Crippen LogP contribution in [0.3, 0.4) is 0 Å². The summed E-state index contributed by atoms with van der Waals surface area (Å²) in [5.74, 6) is -3.41. The largest absolute Gasteiger partial charge is 0.204 e. The Kier molecular flexibility index (Phi) is 4.19.